The third kappa shape index (κ3) is 1.68. The van der Waals surface area contributed by atoms with Crippen LogP contribution in [0.1, 0.15) is 18.5 Å². The Morgan fingerprint density at radius 2 is 2.33 bits per heavy atom. The Morgan fingerprint density at radius 1 is 1.53 bits per heavy atom. The molecule has 0 saturated heterocycles. The third-order valence-electron chi connectivity index (χ3n) is 2.50. The topological polar surface area (TPSA) is 50.4 Å². The predicted octanol–water partition coefficient (Wildman–Crippen LogP) is 1.30. The number of hydrogen-bond acceptors (Lipinski definition) is 3. The maximum Gasteiger partial charge on any atom is 0.246 e. The van der Waals surface area contributed by atoms with Crippen LogP contribution in [0.25, 0.3) is 0 Å². The Hall–Kier alpha value is -1.55. The molecular formula is C11H14N2O2. The van der Waals surface area contributed by atoms with Gasteiger partial charge in [-0.3, -0.25) is 4.79 Å². The summed E-state index contributed by atoms with van der Waals surface area (Å²) >= 11 is 0. The summed E-state index contributed by atoms with van der Waals surface area (Å²) in [6.07, 6.45) is 0. The molecule has 0 bridgehead atoms. The number of fused-ring (bicyclic) bond motifs is 1. The first-order valence-electron chi connectivity index (χ1n) is 4.98. The van der Waals surface area contributed by atoms with Crippen LogP contribution in [0.5, 0.6) is 5.75 Å². The van der Waals surface area contributed by atoms with Gasteiger partial charge < -0.3 is 15.4 Å². The van der Waals surface area contributed by atoms with Crippen LogP contribution in [0.2, 0.25) is 0 Å². The Labute approximate surface area is 88.6 Å². The molecule has 4 heteroatoms. The lowest BCUT2D eigenvalue weighted by Crippen LogP contribution is -2.27. The van der Waals surface area contributed by atoms with Crippen molar-refractivity contribution >= 4 is 11.6 Å². The highest BCUT2D eigenvalue weighted by atomic mass is 16.5. The molecule has 2 rings (SSSR count). The van der Waals surface area contributed by atoms with Crippen LogP contribution in [0.4, 0.5) is 5.69 Å². The molecule has 0 saturated carbocycles. The Morgan fingerprint density at radius 3 is 3.00 bits per heavy atom. The van der Waals surface area contributed by atoms with E-state index in [0.717, 1.165) is 23.5 Å². The van der Waals surface area contributed by atoms with Crippen molar-refractivity contribution in [1.82, 2.24) is 5.32 Å². The average Bonchev–Trinajstić information content (AvgIpc) is 2.55. The van der Waals surface area contributed by atoms with Gasteiger partial charge in [-0.15, -0.1) is 0 Å². The van der Waals surface area contributed by atoms with Gasteiger partial charge in [-0.25, -0.2) is 0 Å². The molecule has 0 aromatic heterocycles. The summed E-state index contributed by atoms with van der Waals surface area (Å²) in [7, 11) is 1.61. The lowest BCUT2D eigenvalue weighted by atomic mass is 10.1. The first-order valence-corrected chi connectivity index (χ1v) is 4.98. The van der Waals surface area contributed by atoms with Crippen LogP contribution >= 0.6 is 0 Å². The van der Waals surface area contributed by atoms with Gasteiger partial charge in [-0.1, -0.05) is 13.0 Å². The molecule has 0 spiro atoms. The van der Waals surface area contributed by atoms with Gasteiger partial charge in [0.05, 0.1) is 7.11 Å². The monoisotopic (exact) mass is 206 g/mol. The Kier molecular flexibility index (Phi) is 2.60. The summed E-state index contributed by atoms with van der Waals surface area (Å²) < 4.78 is 5.10. The van der Waals surface area contributed by atoms with E-state index in [9.17, 15) is 4.79 Å². The van der Waals surface area contributed by atoms with Crippen LogP contribution in [-0.2, 0) is 4.79 Å². The maximum absolute atomic E-state index is 11.6. The average molecular weight is 206 g/mol. The van der Waals surface area contributed by atoms with E-state index in [4.69, 9.17) is 4.74 Å². The summed E-state index contributed by atoms with van der Waals surface area (Å²) in [5.74, 6) is 0.756. The molecule has 1 aromatic carbocycles. The van der Waals surface area contributed by atoms with E-state index in [2.05, 4.69) is 10.6 Å². The molecule has 1 amide bonds. The Bertz CT molecular complexity index is 390. The lowest BCUT2D eigenvalue weighted by Gasteiger charge is -2.09. The van der Waals surface area contributed by atoms with Crippen LogP contribution in [0.3, 0.4) is 0 Å². The smallest absolute Gasteiger partial charge is 0.246 e. The number of amides is 1. The third-order valence-corrected chi connectivity index (χ3v) is 2.50. The van der Waals surface area contributed by atoms with Crippen molar-refractivity contribution in [3.8, 4) is 5.75 Å². The van der Waals surface area contributed by atoms with Gasteiger partial charge in [-0.05, 0) is 12.6 Å². The number of anilines is 1. The van der Waals surface area contributed by atoms with E-state index in [1.54, 1.807) is 7.11 Å². The second kappa shape index (κ2) is 3.90. The first kappa shape index (κ1) is 9.98. The van der Waals surface area contributed by atoms with Gasteiger partial charge in [0.25, 0.3) is 0 Å². The molecule has 0 aliphatic carbocycles. The zero-order valence-corrected chi connectivity index (χ0v) is 8.83. The molecule has 1 aliphatic rings. The molecule has 0 fully saturated rings. The van der Waals surface area contributed by atoms with Crippen LogP contribution in [-0.4, -0.2) is 19.6 Å². The lowest BCUT2D eigenvalue weighted by molar-refractivity contribution is -0.117. The quantitative estimate of drug-likeness (QED) is 0.783. The van der Waals surface area contributed by atoms with Crippen molar-refractivity contribution in [3.05, 3.63) is 23.8 Å². The van der Waals surface area contributed by atoms with Gasteiger partial charge in [0, 0.05) is 17.3 Å². The van der Waals surface area contributed by atoms with E-state index >= 15 is 0 Å². The number of methoxy groups -OCH3 is 1. The molecule has 1 atom stereocenters. The van der Waals surface area contributed by atoms with Crippen LogP contribution < -0.4 is 15.4 Å². The van der Waals surface area contributed by atoms with E-state index < -0.39 is 0 Å². The van der Waals surface area contributed by atoms with Crippen LogP contribution in [0.15, 0.2) is 18.2 Å². The summed E-state index contributed by atoms with van der Waals surface area (Å²) in [6, 6.07) is 5.39. The second-order valence-electron chi connectivity index (χ2n) is 3.43. The van der Waals surface area contributed by atoms with Crippen molar-refractivity contribution < 1.29 is 9.53 Å². The van der Waals surface area contributed by atoms with E-state index in [0.29, 0.717) is 0 Å². The fourth-order valence-corrected chi connectivity index (χ4v) is 1.78. The standard InChI is InChI=1S/C11H14N2O2/c1-3-12-10-8-5-4-7(15-2)6-9(8)13-11(10)14/h4-6,10,12H,3H2,1-2H3,(H,13,14). The van der Waals surface area contributed by atoms with Gasteiger partial charge in [0.1, 0.15) is 11.8 Å². The number of rotatable bonds is 3. The Balaban J connectivity index is 2.34. The van der Waals surface area contributed by atoms with Crippen molar-refractivity contribution in [1.29, 1.82) is 0 Å². The van der Waals surface area contributed by atoms with Gasteiger partial charge in [0.2, 0.25) is 5.91 Å². The highest BCUT2D eigenvalue weighted by molar-refractivity contribution is 6.02. The molecule has 1 aliphatic heterocycles. The predicted molar refractivity (Wildman–Crippen MR) is 58.0 cm³/mol. The number of likely N-dealkylation sites (N-methyl/N-ethyl adjacent to an activating group) is 1. The van der Waals surface area contributed by atoms with Gasteiger partial charge in [-0.2, -0.15) is 0 Å². The zero-order chi connectivity index (χ0) is 10.8. The van der Waals surface area contributed by atoms with Gasteiger partial charge in [0.15, 0.2) is 0 Å². The fraction of sp³-hybridized carbons (Fsp3) is 0.364. The zero-order valence-electron chi connectivity index (χ0n) is 8.83. The summed E-state index contributed by atoms with van der Waals surface area (Å²) in [5.41, 5.74) is 1.83. The largest absolute Gasteiger partial charge is 0.497 e. The molecule has 1 heterocycles. The van der Waals surface area contributed by atoms with Crippen molar-refractivity contribution in [2.75, 3.05) is 19.0 Å². The number of carbonyl (C=O) groups is 1. The molecule has 0 radical (unpaired) electrons. The molecule has 4 nitrogen and oxygen atoms in total. The fourth-order valence-electron chi connectivity index (χ4n) is 1.78. The van der Waals surface area contributed by atoms with Crippen molar-refractivity contribution in [2.24, 2.45) is 0 Å². The van der Waals surface area contributed by atoms with Crippen molar-refractivity contribution in [3.63, 3.8) is 0 Å². The summed E-state index contributed by atoms with van der Waals surface area (Å²) in [4.78, 5) is 11.6. The molecule has 15 heavy (non-hydrogen) atoms. The minimum atomic E-state index is -0.226. The van der Waals surface area contributed by atoms with Crippen LogP contribution in [0, 0.1) is 0 Å². The highest BCUT2D eigenvalue weighted by Gasteiger charge is 2.29. The van der Waals surface area contributed by atoms with Gasteiger partial charge >= 0.3 is 0 Å². The summed E-state index contributed by atoms with van der Waals surface area (Å²) in [5, 5.41) is 5.96. The van der Waals surface area contributed by atoms with E-state index in [1.807, 2.05) is 25.1 Å². The number of ether oxygens (including phenoxy) is 1. The number of carbonyl (C=O) groups excluding carboxylic acids is 1. The summed E-state index contributed by atoms with van der Waals surface area (Å²) in [6.45, 7) is 2.75. The van der Waals surface area contributed by atoms with E-state index in [-0.39, 0.29) is 11.9 Å². The minimum Gasteiger partial charge on any atom is -0.497 e. The number of benzene rings is 1. The number of nitrogens with one attached hydrogen (secondary N) is 2. The number of hydrogen-bond donors (Lipinski definition) is 2. The van der Waals surface area contributed by atoms with Crippen molar-refractivity contribution in [2.45, 2.75) is 13.0 Å². The second-order valence-corrected chi connectivity index (χ2v) is 3.43. The normalized spacial score (nSPS) is 18.5. The molecular weight excluding hydrogens is 192 g/mol. The first-order chi connectivity index (χ1) is 7.26. The molecule has 80 valence electrons. The highest BCUT2D eigenvalue weighted by Crippen LogP contribution is 2.33. The maximum atomic E-state index is 11.6. The molecule has 2 N–H and O–H groups in total. The molecule has 1 unspecified atom stereocenters. The minimum absolute atomic E-state index is 0.0000954. The van der Waals surface area contributed by atoms with E-state index in [1.165, 1.54) is 0 Å². The molecule has 1 aromatic rings. The SMILES string of the molecule is CCNC1C(=O)Nc2cc(OC)ccc21.